The third kappa shape index (κ3) is 0.827. The van der Waals surface area contributed by atoms with E-state index in [4.69, 9.17) is 10.6 Å². The van der Waals surface area contributed by atoms with Crippen LogP contribution in [-0.2, 0) is 0 Å². The van der Waals surface area contributed by atoms with Crippen LogP contribution in [0.3, 0.4) is 0 Å². The number of nitrogens with zero attached hydrogens (tertiary/aromatic N) is 3. The molecule has 0 fully saturated rings. The number of anilines is 1. The van der Waals surface area contributed by atoms with E-state index >= 15 is 0 Å². The Kier molecular flexibility index (Phi) is 1.43. The van der Waals surface area contributed by atoms with E-state index in [2.05, 4.69) is 4.98 Å². The third-order valence-electron chi connectivity index (χ3n) is 1.63. The first-order valence-corrected chi connectivity index (χ1v) is 3.75. The summed E-state index contributed by atoms with van der Waals surface area (Å²) in [7, 11) is 0. The van der Waals surface area contributed by atoms with Gasteiger partial charge in [-0.1, -0.05) is 0 Å². The molecular weight excluding hydrogens is 156 g/mol. The molecule has 12 heavy (non-hydrogen) atoms. The molecule has 64 valence electrons. The predicted octanol–water partition coefficient (Wildman–Crippen LogP) is 0.167. The van der Waals surface area contributed by atoms with Crippen LogP contribution in [0.5, 0.6) is 0 Å². The van der Waals surface area contributed by atoms with Gasteiger partial charge in [-0.15, -0.1) is 0 Å². The normalized spacial score (nSPS) is 10.8. The summed E-state index contributed by atoms with van der Waals surface area (Å²) in [4.78, 5) is 9.21. The summed E-state index contributed by atoms with van der Waals surface area (Å²) in [6.45, 7) is 2.53. The fourth-order valence-corrected chi connectivity index (χ4v) is 1.15. The Morgan fingerprint density at radius 1 is 1.58 bits per heavy atom. The zero-order valence-corrected chi connectivity index (χ0v) is 6.77. The van der Waals surface area contributed by atoms with Crippen LogP contribution >= 0.6 is 0 Å². The number of aromatic nitrogens is 3. The average molecular weight is 166 g/mol. The molecule has 2 N–H and O–H groups in total. The highest BCUT2D eigenvalue weighted by molar-refractivity contribution is 5.60. The minimum Gasteiger partial charge on any atom is -0.413 e. The zero-order valence-electron chi connectivity index (χ0n) is 6.77. The standard InChI is InChI=1S/C7H10N4O/c1-2-12-11-4-3-10-5-9-6(8)7(10)11/h3-5H,2,8H2,1H3. The second kappa shape index (κ2) is 2.44. The monoisotopic (exact) mass is 166 g/mol. The minimum absolute atomic E-state index is 0.480. The number of hydrogen-bond acceptors (Lipinski definition) is 3. The van der Waals surface area contributed by atoms with Crippen LogP contribution in [0, 0.1) is 0 Å². The number of nitrogen functional groups attached to an aromatic ring is 1. The van der Waals surface area contributed by atoms with Gasteiger partial charge in [-0.25, -0.2) is 4.98 Å². The highest BCUT2D eigenvalue weighted by Crippen LogP contribution is 2.10. The van der Waals surface area contributed by atoms with Crippen LogP contribution in [0.2, 0.25) is 0 Å². The van der Waals surface area contributed by atoms with Crippen molar-refractivity contribution in [3.63, 3.8) is 0 Å². The molecule has 2 aromatic heterocycles. The van der Waals surface area contributed by atoms with E-state index in [1.165, 1.54) is 0 Å². The summed E-state index contributed by atoms with van der Waals surface area (Å²) in [6, 6.07) is 0. The van der Waals surface area contributed by atoms with Gasteiger partial charge >= 0.3 is 0 Å². The molecule has 0 aliphatic heterocycles. The minimum atomic E-state index is 0.480. The van der Waals surface area contributed by atoms with Crippen molar-refractivity contribution in [3.05, 3.63) is 18.7 Å². The lowest BCUT2D eigenvalue weighted by atomic mass is 10.7. The molecule has 0 amide bonds. The maximum Gasteiger partial charge on any atom is 0.196 e. The smallest absolute Gasteiger partial charge is 0.196 e. The highest BCUT2D eigenvalue weighted by atomic mass is 16.7. The van der Waals surface area contributed by atoms with Crippen molar-refractivity contribution in [1.82, 2.24) is 14.1 Å². The first-order chi connectivity index (χ1) is 5.83. The van der Waals surface area contributed by atoms with Gasteiger partial charge in [0.1, 0.15) is 12.9 Å². The van der Waals surface area contributed by atoms with Gasteiger partial charge in [0.05, 0.1) is 6.20 Å². The predicted molar refractivity (Wildman–Crippen MR) is 44.7 cm³/mol. The largest absolute Gasteiger partial charge is 0.413 e. The Hall–Kier alpha value is -1.65. The zero-order chi connectivity index (χ0) is 8.55. The summed E-state index contributed by atoms with van der Waals surface area (Å²) >= 11 is 0. The van der Waals surface area contributed by atoms with E-state index in [0.717, 1.165) is 5.65 Å². The highest BCUT2D eigenvalue weighted by Gasteiger charge is 2.05. The summed E-state index contributed by atoms with van der Waals surface area (Å²) < 4.78 is 3.42. The van der Waals surface area contributed by atoms with E-state index < -0.39 is 0 Å². The molecule has 0 spiro atoms. The molecule has 0 aromatic carbocycles. The summed E-state index contributed by atoms with van der Waals surface area (Å²) in [5, 5.41) is 0. The van der Waals surface area contributed by atoms with Crippen molar-refractivity contribution >= 4 is 11.5 Å². The number of hydrogen-bond donors (Lipinski definition) is 1. The molecule has 0 aliphatic carbocycles. The summed E-state index contributed by atoms with van der Waals surface area (Å²) in [6.07, 6.45) is 5.30. The molecule has 0 saturated carbocycles. The maximum atomic E-state index is 5.62. The van der Waals surface area contributed by atoms with Crippen LogP contribution in [-0.4, -0.2) is 20.7 Å². The Morgan fingerprint density at radius 3 is 3.17 bits per heavy atom. The summed E-state index contributed by atoms with van der Waals surface area (Å²) in [5.74, 6) is 0.480. The second-order valence-electron chi connectivity index (χ2n) is 2.40. The molecule has 0 unspecified atom stereocenters. The van der Waals surface area contributed by atoms with Gasteiger partial charge in [0, 0.05) is 6.20 Å². The van der Waals surface area contributed by atoms with Crippen LogP contribution < -0.4 is 10.6 Å². The number of fused-ring (bicyclic) bond motifs is 1. The molecule has 5 heteroatoms. The Labute approximate surface area is 69.3 Å². The van der Waals surface area contributed by atoms with Crippen LogP contribution in [0.4, 0.5) is 5.82 Å². The fraction of sp³-hybridized carbons (Fsp3) is 0.286. The lowest BCUT2D eigenvalue weighted by Gasteiger charge is -2.02. The number of rotatable bonds is 2. The lowest BCUT2D eigenvalue weighted by Crippen LogP contribution is -2.09. The van der Waals surface area contributed by atoms with Crippen LogP contribution in [0.25, 0.3) is 5.65 Å². The topological polar surface area (TPSA) is 57.5 Å². The first-order valence-electron chi connectivity index (χ1n) is 3.75. The number of nitrogens with two attached hydrogens (primary N) is 1. The molecule has 0 radical (unpaired) electrons. The Bertz CT molecular complexity index is 389. The van der Waals surface area contributed by atoms with E-state index in [9.17, 15) is 0 Å². The Balaban J connectivity index is 2.59. The second-order valence-corrected chi connectivity index (χ2v) is 2.40. The van der Waals surface area contributed by atoms with Gasteiger partial charge in [-0.3, -0.25) is 4.40 Å². The van der Waals surface area contributed by atoms with E-state index in [0.29, 0.717) is 12.4 Å². The molecule has 0 atom stereocenters. The van der Waals surface area contributed by atoms with Gasteiger partial charge in [0.25, 0.3) is 0 Å². The van der Waals surface area contributed by atoms with E-state index in [-0.39, 0.29) is 0 Å². The van der Waals surface area contributed by atoms with Crippen molar-refractivity contribution in [2.45, 2.75) is 6.92 Å². The Morgan fingerprint density at radius 2 is 2.42 bits per heavy atom. The van der Waals surface area contributed by atoms with Gasteiger partial charge in [-0.05, 0) is 6.92 Å². The van der Waals surface area contributed by atoms with E-state index in [1.54, 1.807) is 17.3 Å². The molecule has 0 bridgehead atoms. The van der Waals surface area contributed by atoms with Crippen molar-refractivity contribution < 1.29 is 4.84 Å². The third-order valence-corrected chi connectivity index (χ3v) is 1.63. The fourth-order valence-electron chi connectivity index (χ4n) is 1.15. The molecule has 2 heterocycles. The van der Waals surface area contributed by atoms with Crippen LogP contribution in [0.15, 0.2) is 18.7 Å². The quantitative estimate of drug-likeness (QED) is 0.691. The molecule has 5 nitrogen and oxygen atoms in total. The SMILES string of the molecule is CCOn1ccn2cnc(N)c12. The van der Waals surface area contributed by atoms with E-state index in [1.807, 2.05) is 17.5 Å². The van der Waals surface area contributed by atoms with Gasteiger partial charge in [-0.2, -0.15) is 4.73 Å². The molecule has 0 saturated heterocycles. The molecule has 2 rings (SSSR count). The average Bonchev–Trinajstić information content (AvgIpc) is 2.58. The van der Waals surface area contributed by atoms with Crippen molar-refractivity contribution in [2.24, 2.45) is 0 Å². The van der Waals surface area contributed by atoms with Crippen molar-refractivity contribution in [2.75, 3.05) is 12.3 Å². The molecule has 0 aliphatic rings. The van der Waals surface area contributed by atoms with Gasteiger partial charge in [0.15, 0.2) is 11.5 Å². The van der Waals surface area contributed by atoms with Crippen molar-refractivity contribution in [1.29, 1.82) is 0 Å². The van der Waals surface area contributed by atoms with Gasteiger partial charge < -0.3 is 10.6 Å². The first kappa shape index (κ1) is 7.02. The van der Waals surface area contributed by atoms with Crippen LogP contribution in [0.1, 0.15) is 6.92 Å². The lowest BCUT2D eigenvalue weighted by molar-refractivity contribution is 0.132. The molecule has 2 aromatic rings. The molecular formula is C7H10N4O. The van der Waals surface area contributed by atoms with Gasteiger partial charge in [0.2, 0.25) is 0 Å². The maximum absolute atomic E-state index is 5.62. The summed E-state index contributed by atoms with van der Waals surface area (Å²) in [5.41, 5.74) is 6.39. The van der Waals surface area contributed by atoms with Crippen molar-refractivity contribution in [3.8, 4) is 0 Å². The number of imidazole rings is 2.